The summed E-state index contributed by atoms with van der Waals surface area (Å²) in [5.74, 6) is -9.62. The van der Waals surface area contributed by atoms with Crippen molar-refractivity contribution in [2.24, 2.45) is 0 Å². The van der Waals surface area contributed by atoms with E-state index in [9.17, 15) is 27.1 Å². The molecule has 1 fully saturated rings. The molecule has 1 aliphatic rings. The van der Waals surface area contributed by atoms with Gasteiger partial charge in [-0.3, -0.25) is 4.90 Å². The molecule has 1 atom stereocenters. The third-order valence-electron chi connectivity index (χ3n) is 3.62. The molecule has 1 heterocycles. The largest absolute Gasteiger partial charge is 0.395 e. The zero-order chi connectivity index (χ0) is 14.9. The van der Waals surface area contributed by atoms with Gasteiger partial charge in [0.25, 0.3) is 0 Å². The van der Waals surface area contributed by atoms with Crippen molar-refractivity contribution in [1.82, 2.24) is 4.90 Å². The number of hydrogen-bond acceptors (Lipinski definition) is 2. The average Bonchev–Trinajstić information content (AvgIpc) is 2.48. The predicted octanol–water partition coefficient (Wildman–Crippen LogP) is 2.73. The van der Waals surface area contributed by atoms with E-state index in [-0.39, 0.29) is 12.6 Å². The first-order valence-corrected chi connectivity index (χ1v) is 6.32. The predicted molar refractivity (Wildman–Crippen MR) is 61.4 cm³/mol. The third-order valence-corrected chi connectivity index (χ3v) is 3.62. The Balaban J connectivity index is 2.33. The van der Waals surface area contributed by atoms with Crippen LogP contribution in [0, 0.1) is 29.1 Å². The Morgan fingerprint density at radius 3 is 2.00 bits per heavy atom. The molecular weight excluding hydrogens is 281 g/mol. The van der Waals surface area contributed by atoms with Gasteiger partial charge in [0.2, 0.25) is 5.82 Å². The Hall–Kier alpha value is -1.21. The maximum absolute atomic E-state index is 13.6. The highest BCUT2D eigenvalue weighted by Crippen LogP contribution is 2.26. The average molecular weight is 295 g/mol. The van der Waals surface area contributed by atoms with Crippen LogP contribution in [0.2, 0.25) is 0 Å². The monoisotopic (exact) mass is 295 g/mol. The van der Waals surface area contributed by atoms with Crippen LogP contribution in [0.25, 0.3) is 0 Å². The second-order valence-corrected chi connectivity index (χ2v) is 4.85. The smallest absolute Gasteiger partial charge is 0.200 e. The summed E-state index contributed by atoms with van der Waals surface area (Å²) in [6, 6.07) is -0.321. The lowest BCUT2D eigenvalue weighted by Gasteiger charge is -2.34. The van der Waals surface area contributed by atoms with Crippen LogP contribution in [0.4, 0.5) is 22.0 Å². The van der Waals surface area contributed by atoms with Gasteiger partial charge in [-0.1, -0.05) is 6.42 Å². The van der Waals surface area contributed by atoms with E-state index in [0.29, 0.717) is 13.0 Å². The number of aliphatic hydroxyl groups excluding tert-OH is 1. The molecule has 1 unspecified atom stereocenters. The lowest BCUT2D eigenvalue weighted by Crippen LogP contribution is -2.41. The number of benzene rings is 1. The molecule has 0 saturated carbocycles. The van der Waals surface area contributed by atoms with Gasteiger partial charge in [0, 0.05) is 18.2 Å². The molecule has 2 rings (SSSR count). The highest BCUT2D eigenvalue weighted by molar-refractivity contribution is 5.24. The van der Waals surface area contributed by atoms with E-state index in [0.717, 1.165) is 12.8 Å². The summed E-state index contributed by atoms with van der Waals surface area (Å²) >= 11 is 0. The van der Waals surface area contributed by atoms with E-state index in [1.807, 2.05) is 0 Å². The van der Waals surface area contributed by atoms with Crippen molar-refractivity contribution in [1.29, 1.82) is 0 Å². The minimum atomic E-state index is -2.15. The van der Waals surface area contributed by atoms with E-state index in [1.165, 1.54) is 0 Å². The molecule has 1 N–H and O–H groups in total. The molecule has 2 nitrogen and oxygen atoms in total. The third kappa shape index (κ3) is 2.64. The van der Waals surface area contributed by atoms with Crippen molar-refractivity contribution < 1.29 is 27.1 Å². The van der Waals surface area contributed by atoms with Crippen LogP contribution in [0.1, 0.15) is 24.8 Å². The zero-order valence-electron chi connectivity index (χ0n) is 10.6. The minimum absolute atomic E-state index is 0.213. The topological polar surface area (TPSA) is 23.5 Å². The first-order valence-electron chi connectivity index (χ1n) is 6.32. The molecule has 0 aromatic heterocycles. The van der Waals surface area contributed by atoms with Gasteiger partial charge in [-0.2, -0.15) is 0 Å². The van der Waals surface area contributed by atoms with Crippen LogP contribution < -0.4 is 0 Å². The van der Waals surface area contributed by atoms with Crippen molar-refractivity contribution in [2.45, 2.75) is 31.8 Å². The number of hydrogen-bond donors (Lipinski definition) is 1. The van der Waals surface area contributed by atoms with Crippen molar-refractivity contribution in [3.05, 3.63) is 34.6 Å². The number of nitrogens with zero attached hydrogens (tertiary/aromatic N) is 1. The van der Waals surface area contributed by atoms with Crippen LogP contribution in [0.15, 0.2) is 0 Å². The summed E-state index contributed by atoms with van der Waals surface area (Å²) in [6.45, 7) is -0.170. The lowest BCUT2D eigenvalue weighted by molar-refractivity contribution is 0.0815. The van der Waals surface area contributed by atoms with Gasteiger partial charge in [0.15, 0.2) is 23.3 Å². The fraction of sp³-hybridized carbons (Fsp3) is 0.538. The second-order valence-electron chi connectivity index (χ2n) is 4.85. The van der Waals surface area contributed by atoms with Crippen molar-refractivity contribution in [3.63, 3.8) is 0 Å². The Kier molecular flexibility index (Phi) is 4.59. The summed E-state index contributed by atoms with van der Waals surface area (Å²) in [5.41, 5.74) is -0.846. The first kappa shape index (κ1) is 15.2. The van der Waals surface area contributed by atoms with Crippen molar-refractivity contribution >= 4 is 0 Å². The highest BCUT2D eigenvalue weighted by atomic mass is 19.2. The molecule has 0 bridgehead atoms. The van der Waals surface area contributed by atoms with Gasteiger partial charge in [-0.15, -0.1) is 0 Å². The molecule has 0 amide bonds. The molecule has 0 aliphatic carbocycles. The van der Waals surface area contributed by atoms with Crippen LogP contribution >= 0.6 is 0 Å². The maximum atomic E-state index is 13.6. The summed E-state index contributed by atoms with van der Waals surface area (Å²) in [5, 5.41) is 9.19. The number of likely N-dealkylation sites (tertiary alicyclic amines) is 1. The van der Waals surface area contributed by atoms with Gasteiger partial charge in [0.1, 0.15) is 0 Å². The van der Waals surface area contributed by atoms with Gasteiger partial charge in [0.05, 0.1) is 6.61 Å². The molecule has 112 valence electrons. The molecule has 7 heteroatoms. The molecular formula is C13H14F5NO. The SMILES string of the molecule is OCC1CCCCN1Cc1c(F)c(F)c(F)c(F)c1F. The molecule has 1 aliphatic heterocycles. The van der Waals surface area contributed by atoms with Crippen molar-refractivity contribution in [3.8, 4) is 0 Å². The normalized spacial score (nSPS) is 20.4. The standard InChI is InChI=1S/C13H14F5NO/c14-9-8(10(15)12(17)13(18)11(9)16)5-19-4-2-1-3-7(19)6-20/h7,20H,1-6H2. The fourth-order valence-electron chi connectivity index (χ4n) is 2.47. The number of piperidine rings is 1. The number of halogens is 5. The summed E-state index contributed by atoms with van der Waals surface area (Å²) in [6.07, 6.45) is 2.25. The van der Waals surface area contributed by atoms with Crippen LogP contribution in [-0.4, -0.2) is 29.2 Å². The van der Waals surface area contributed by atoms with Gasteiger partial charge in [-0.05, 0) is 19.4 Å². The molecule has 1 aromatic carbocycles. The summed E-state index contributed by atoms with van der Waals surface area (Å²) in [4.78, 5) is 1.54. The van der Waals surface area contributed by atoms with E-state index in [4.69, 9.17) is 0 Å². The first-order chi connectivity index (χ1) is 9.47. The molecule has 20 heavy (non-hydrogen) atoms. The lowest BCUT2D eigenvalue weighted by atomic mass is 10.0. The van der Waals surface area contributed by atoms with E-state index >= 15 is 0 Å². The maximum Gasteiger partial charge on any atom is 0.200 e. The Bertz CT molecular complexity index is 479. The summed E-state index contributed by atoms with van der Waals surface area (Å²) < 4.78 is 66.3. The van der Waals surface area contributed by atoms with E-state index in [1.54, 1.807) is 4.90 Å². The Morgan fingerprint density at radius 1 is 0.900 bits per heavy atom. The van der Waals surface area contributed by atoms with Gasteiger partial charge < -0.3 is 5.11 Å². The molecule has 0 radical (unpaired) electrons. The van der Waals surface area contributed by atoms with Crippen molar-refractivity contribution in [2.75, 3.05) is 13.2 Å². The van der Waals surface area contributed by atoms with Crippen LogP contribution in [-0.2, 0) is 6.54 Å². The molecule has 0 spiro atoms. The molecule has 1 saturated heterocycles. The number of rotatable bonds is 3. The quantitative estimate of drug-likeness (QED) is 0.526. The summed E-state index contributed by atoms with van der Waals surface area (Å²) in [7, 11) is 0. The number of aliphatic hydroxyl groups is 1. The molecule has 1 aromatic rings. The highest BCUT2D eigenvalue weighted by Gasteiger charge is 2.29. The fourth-order valence-corrected chi connectivity index (χ4v) is 2.47. The van der Waals surface area contributed by atoms with Gasteiger partial charge >= 0.3 is 0 Å². The minimum Gasteiger partial charge on any atom is -0.395 e. The van der Waals surface area contributed by atoms with Crippen LogP contribution in [0.5, 0.6) is 0 Å². The Labute approximate surface area is 112 Å². The van der Waals surface area contributed by atoms with Crippen LogP contribution in [0.3, 0.4) is 0 Å². The Morgan fingerprint density at radius 2 is 1.45 bits per heavy atom. The van der Waals surface area contributed by atoms with E-state index < -0.39 is 41.2 Å². The second kappa shape index (κ2) is 6.05. The van der Waals surface area contributed by atoms with Gasteiger partial charge in [-0.25, -0.2) is 22.0 Å². The zero-order valence-corrected chi connectivity index (χ0v) is 10.6. The van der Waals surface area contributed by atoms with E-state index in [2.05, 4.69) is 0 Å².